The molecular weight excluding hydrogens is 296 g/mol. The molecule has 0 N–H and O–H groups in total. The van der Waals surface area contributed by atoms with Gasteiger partial charge in [0.2, 0.25) is 0 Å². The number of hydrogen-bond donors (Lipinski definition) is 0. The molecule has 22 heavy (non-hydrogen) atoms. The largest absolute Gasteiger partial charge is 0.380 e. The Labute approximate surface area is 134 Å². The van der Waals surface area contributed by atoms with Crippen molar-refractivity contribution in [2.75, 3.05) is 13.7 Å². The van der Waals surface area contributed by atoms with E-state index in [1.165, 1.54) is 0 Å². The van der Waals surface area contributed by atoms with Gasteiger partial charge in [-0.1, -0.05) is 12.1 Å². The van der Waals surface area contributed by atoms with E-state index in [0.717, 1.165) is 41.9 Å². The molecule has 0 spiro atoms. The van der Waals surface area contributed by atoms with Crippen molar-refractivity contribution < 1.29 is 9.53 Å². The summed E-state index contributed by atoms with van der Waals surface area (Å²) in [5.74, 6) is 0.0952. The van der Waals surface area contributed by atoms with Crippen LogP contribution in [0.1, 0.15) is 46.2 Å². The van der Waals surface area contributed by atoms with Crippen LogP contribution in [0.25, 0.3) is 0 Å². The third-order valence-electron chi connectivity index (χ3n) is 3.99. The maximum absolute atomic E-state index is 12.9. The molecule has 1 aromatic carbocycles. The van der Waals surface area contributed by atoms with Gasteiger partial charge in [-0.05, 0) is 37.0 Å². The van der Waals surface area contributed by atoms with Gasteiger partial charge in [-0.25, -0.2) is 4.98 Å². The number of benzene rings is 1. The van der Waals surface area contributed by atoms with Crippen LogP contribution in [0.4, 0.5) is 0 Å². The minimum atomic E-state index is 0.0952. The molecule has 1 aromatic heterocycles. The van der Waals surface area contributed by atoms with E-state index in [-0.39, 0.29) is 11.9 Å². The van der Waals surface area contributed by atoms with Crippen molar-refractivity contribution in [3.63, 3.8) is 0 Å². The van der Waals surface area contributed by atoms with Gasteiger partial charge in [0, 0.05) is 30.8 Å². The number of carbonyl (C=O) groups is 1. The van der Waals surface area contributed by atoms with E-state index in [2.05, 4.69) is 4.98 Å². The van der Waals surface area contributed by atoms with Crippen LogP contribution in [0, 0.1) is 0 Å². The average Bonchev–Trinajstić information content (AvgIpc) is 3.09. The highest BCUT2D eigenvalue weighted by atomic mass is 32.1. The SMILES string of the molecule is COCc1cccc(C(=O)N2CCCC[C@H]2c2nccs2)c1. The standard InChI is InChI=1S/C17H20N2O2S/c1-21-12-13-5-4-6-14(11-13)17(20)19-9-3-2-7-15(19)16-18-8-10-22-16/h4-6,8,10-11,15H,2-3,7,9,12H2,1H3/t15-/m0/s1. The lowest BCUT2D eigenvalue weighted by Crippen LogP contribution is -2.38. The summed E-state index contributed by atoms with van der Waals surface area (Å²) in [6, 6.07) is 7.83. The molecule has 1 fully saturated rings. The van der Waals surface area contributed by atoms with Crippen molar-refractivity contribution in [3.8, 4) is 0 Å². The van der Waals surface area contributed by atoms with Gasteiger partial charge in [0.15, 0.2) is 0 Å². The molecule has 1 aliphatic heterocycles. The Kier molecular flexibility index (Phi) is 4.85. The van der Waals surface area contributed by atoms with E-state index < -0.39 is 0 Å². The third-order valence-corrected chi connectivity index (χ3v) is 4.86. The molecule has 4 nitrogen and oxygen atoms in total. The van der Waals surface area contributed by atoms with Crippen molar-refractivity contribution >= 4 is 17.2 Å². The second-order valence-corrected chi connectivity index (χ2v) is 6.44. The van der Waals surface area contributed by atoms with Gasteiger partial charge in [-0.2, -0.15) is 0 Å². The number of hydrogen-bond acceptors (Lipinski definition) is 4. The fourth-order valence-corrected chi connectivity index (χ4v) is 3.74. The molecule has 2 heterocycles. The summed E-state index contributed by atoms with van der Waals surface area (Å²) >= 11 is 1.63. The number of aromatic nitrogens is 1. The number of piperidine rings is 1. The zero-order valence-corrected chi connectivity index (χ0v) is 13.5. The van der Waals surface area contributed by atoms with Gasteiger partial charge in [0.05, 0.1) is 12.6 Å². The number of likely N-dealkylation sites (tertiary alicyclic amines) is 1. The summed E-state index contributed by atoms with van der Waals surface area (Å²) in [7, 11) is 1.66. The van der Waals surface area contributed by atoms with Crippen LogP contribution in [0.3, 0.4) is 0 Å². The minimum Gasteiger partial charge on any atom is -0.380 e. The Bertz CT molecular complexity index is 627. The Morgan fingerprint density at radius 2 is 2.36 bits per heavy atom. The summed E-state index contributed by atoms with van der Waals surface area (Å²) in [5, 5.41) is 3.02. The lowest BCUT2D eigenvalue weighted by Gasteiger charge is -2.34. The van der Waals surface area contributed by atoms with Crippen LogP contribution in [0.15, 0.2) is 35.8 Å². The maximum atomic E-state index is 12.9. The highest BCUT2D eigenvalue weighted by Gasteiger charge is 2.30. The van der Waals surface area contributed by atoms with Crippen molar-refractivity contribution in [1.82, 2.24) is 9.88 Å². The van der Waals surface area contributed by atoms with Crippen LogP contribution in [0.2, 0.25) is 0 Å². The first kappa shape index (κ1) is 15.2. The number of ether oxygens (including phenoxy) is 1. The third kappa shape index (κ3) is 3.20. The molecule has 5 heteroatoms. The van der Waals surface area contributed by atoms with Gasteiger partial charge in [-0.15, -0.1) is 11.3 Å². The number of thiazole rings is 1. The van der Waals surface area contributed by atoms with Crippen molar-refractivity contribution in [3.05, 3.63) is 52.0 Å². The molecule has 1 amide bonds. The van der Waals surface area contributed by atoms with Gasteiger partial charge in [-0.3, -0.25) is 4.79 Å². The predicted molar refractivity (Wildman–Crippen MR) is 86.9 cm³/mol. The summed E-state index contributed by atoms with van der Waals surface area (Å²) in [4.78, 5) is 19.3. The van der Waals surface area contributed by atoms with E-state index in [4.69, 9.17) is 4.74 Å². The quantitative estimate of drug-likeness (QED) is 0.864. The van der Waals surface area contributed by atoms with Crippen molar-refractivity contribution in [2.45, 2.75) is 31.9 Å². The number of carbonyl (C=O) groups excluding carboxylic acids is 1. The van der Waals surface area contributed by atoms with Gasteiger partial charge < -0.3 is 9.64 Å². The molecule has 0 aliphatic carbocycles. The van der Waals surface area contributed by atoms with Crippen molar-refractivity contribution in [1.29, 1.82) is 0 Å². The van der Waals surface area contributed by atoms with Gasteiger partial charge in [0.25, 0.3) is 5.91 Å². The van der Waals surface area contributed by atoms with Crippen LogP contribution < -0.4 is 0 Å². The molecule has 0 radical (unpaired) electrons. The number of amides is 1. The molecule has 0 unspecified atom stereocenters. The molecule has 116 valence electrons. The Morgan fingerprint density at radius 3 is 3.14 bits per heavy atom. The highest BCUT2D eigenvalue weighted by Crippen LogP contribution is 2.33. The highest BCUT2D eigenvalue weighted by molar-refractivity contribution is 7.09. The Morgan fingerprint density at radius 1 is 1.45 bits per heavy atom. The summed E-state index contributed by atoms with van der Waals surface area (Å²) < 4.78 is 5.15. The summed E-state index contributed by atoms with van der Waals surface area (Å²) in [6.07, 6.45) is 5.02. The van der Waals surface area contributed by atoms with Gasteiger partial charge in [0.1, 0.15) is 5.01 Å². The van der Waals surface area contributed by atoms with Crippen molar-refractivity contribution in [2.24, 2.45) is 0 Å². The lowest BCUT2D eigenvalue weighted by molar-refractivity contribution is 0.0611. The second kappa shape index (κ2) is 7.03. The lowest BCUT2D eigenvalue weighted by atomic mass is 10.0. The van der Waals surface area contributed by atoms with E-state index in [1.54, 1.807) is 18.4 Å². The van der Waals surface area contributed by atoms with Crippen LogP contribution >= 0.6 is 11.3 Å². The minimum absolute atomic E-state index is 0.0952. The summed E-state index contributed by atoms with van der Waals surface area (Å²) in [5.41, 5.74) is 1.76. The maximum Gasteiger partial charge on any atom is 0.254 e. The first-order valence-electron chi connectivity index (χ1n) is 7.58. The predicted octanol–water partition coefficient (Wildman–Crippen LogP) is 3.66. The first-order valence-corrected chi connectivity index (χ1v) is 8.46. The molecule has 1 saturated heterocycles. The smallest absolute Gasteiger partial charge is 0.254 e. The molecule has 1 atom stereocenters. The molecule has 3 rings (SSSR count). The van der Waals surface area contributed by atoms with E-state index in [0.29, 0.717) is 6.61 Å². The zero-order valence-electron chi connectivity index (χ0n) is 12.7. The van der Waals surface area contributed by atoms with Gasteiger partial charge >= 0.3 is 0 Å². The fraction of sp³-hybridized carbons (Fsp3) is 0.412. The van der Waals surface area contributed by atoms with E-state index >= 15 is 0 Å². The number of nitrogens with zero attached hydrogens (tertiary/aromatic N) is 2. The molecule has 0 saturated carbocycles. The molecule has 1 aliphatic rings. The Hall–Kier alpha value is -1.72. The molecule has 2 aromatic rings. The first-order chi connectivity index (χ1) is 10.8. The second-order valence-electron chi connectivity index (χ2n) is 5.51. The Balaban J connectivity index is 1.84. The zero-order chi connectivity index (χ0) is 15.4. The summed E-state index contributed by atoms with van der Waals surface area (Å²) in [6.45, 7) is 1.33. The number of methoxy groups -OCH3 is 1. The monoisotopic (exact) mass is 316 g/mol. The average molecular weight is 316 g/mol. The van der Waals surface area contributed by atoms with Crippen LogP contribution in [0.5, 0.6) is 0 Å². The van der Waals surface area contributed by atoms with Crippen LogP contribution in [-0.2, 0) is 11.3 Å². The number of rotatable bonds is 4. The fourth-order valence-electron chi connectivity index (χ4n) is 2.96. The van der Waals surface area contributed by atoms with E-state index in [1.807, 2.05) is 40.7 Å². The normalized spacial score (nSPS) is 18.4. The van der Waals surface area contributed by atoms with Crippen LogP contribution in [-0.4, -0.2) is 29.4 Å². The topological polar surface area (TPSA) is 42.4 Å². The van der Waals surface area contributed by atoms with E-state index in [9.17, 15) is 4.79 Å². The molecular formula is C17H20N2O2S. The molecule has 0 bridgehead atoms.